The largest absolute Gasteiger partial charge is 0.330 e. The number of benzene rings is 2. The number of rotatable bonds is 4. The van der Waals surface area contributed by atoms with Crippen molar-refractivity contribution in [3.8, 4) is 0 Å². The van der Waals surface area contributed by atoms with Crippen LogP contribution in [0, 0.1) is 0 Å². The summed E-state index contributed by atoms with van der Waals surface area (Å²) in [5.41, 5.74) is 8.33. The van der Waals surface area contributed by atoms with Crippen LogP contribution in [0.3, 0.4) is 0 Å². The lowest BCUT2D eigenvalue weighted by atomic mass is 9.77. The van der Waals surface area contributed by atoms with Crippen molar-refractivity contribution in [2.45, 2.75) is 18.8 Å². The topological polar surface area (TPSA) is 26.0 Å². The fraction of sp³-hybridized carbons (Fsp3) is 0.250. The maximum absolute atomic E-state index is 6.00. The van der Waals surface area contributed by atoms with Crippen molar-refractivity contribution >= 4 is 23.2 Å². The van der Waals surface area contributed by atoms with E-state index < -0.39 is 0 Å². The minimum absolute atomic E-state index is 0.0988. The lowest BCUT2D eigenvalue weighted by Crippen LogP contribution is -2.34. The van der Waals surface area contributed by atoms with Crippen LogP contribution >= 0.6 is 23.2 Å². The second kappa shape index (κ2) is 5.96. The van der Waals surface area contributed by atoms with Gasteiger partial charge in [0.1, 0.15) is 0 Å². The molecular weight excluding hydrogens is 277 g/mol. The highest BCUT2D eigenvalue weighted by molar-refractivity contribution is 6.30. The van der Waals surface area contributed by atoms with Gasteiger partial charge in [-0.05, 0) is 41.8 Å². The Morgan fingerprint density at radius 2 is 1.37 bits per heavy atom. The summed E-state index contributed by atoms with van der Waals surface area (Å²) in [5.74, 6) is 0. The molecule has 0 heterocycles. The van der Waals surface area contributed by atoms with Crippen molar-refractivity contribution < 1.29 is 0 Å². The lowest BCUT2D eigenvalue weighted by molar-refractivity contribution is 0.481. The average molecular weight is 294 g/mol. The zero-order chi connectivity index (χ0) is 13.9. The lowest BCUT2D eigenvalue weighted by Gasteiger charge is -2.29. The van der Waals surface area contributed by atoms with Crippen LogP contribution in [0.15, 0.2) is 48.5 Å². The van der Waals surface area contributed by atoms with Crippen LogP contribution in [-0.4, -0.2) is 6.54 Å². The third kappa shape index (κ3) is 3.50. The summed E-state index contributed by atoms with van der Waals surface area (Å²) in [6, 6.07) is 15.8. The van der Waals surface area contributed by atoms with Crippen molar-refractivity contribution in [2.75, 3.05) is 6.54 Å². The van der Waals surface area contributed by atoms with Crippen LogP contribution in [0.1, 0.15) is 18.1 Å². The van der Waals surface area contributed by atoms with Crippen molar-refractivity contribution in [3.05, 3.63) is 69.7 Å². The van der Waals surface area contributed by atoms with E-state index in [9.17, 15) is 0 Å². The molecule has 0 aliphatic carbocycles. The molecule has 1 atom stereocenters. The summed E-state index contributed by atoms with van der Waals surface area (Å²) < 4.78 is 0. The number of hydrogen-bond donors (Lipinski definition) is 1. The first-order chi connectivity index (χ1) is 9.03. The smallest absolute Gasteiger partial charge is 0.0406 e. The minimum atomic E-state index is -0.0988. The molecule has 19 heavy (non-hydrogen) atoms. The van der Waals surface area contributed by atoms with Gasteiger partial charge in [0.2, 0.25) is 0 Å². The molecule has 0 bridgehead atoms. The molecule has 0 aliphatic rings. The van der Waals surface area contributed by atoms with E-state index in [1.54, 1.807) is 0 Å². The van der Waals surface area contributed by atoms with Gasteiger partial charge in [0.25, 0.3) is 0 Å². The van der Waals surface area contributed by atoms with E-state index in [0.29, 0.717) is 6.54 Å². The summed E-state index contributed by atoms with van der Waals surface area (Å²) in [7, 11) is 0. The first-order valence-electron chi connectivity index (χ1n) is 6.24. The second-order valence-electron chi connectivity index (χ2n) is 5.07. The summed E-state index contributed by atoms with van der Waals surface area (Å²) in [5, 5.41) is 1.50. The summed E-state index contributed by atoms with van der Waals surface area (Å²) in [4.78, 5) is 0. The van der Waals surface area contributed by atoms with E-state index in [1.807, 2.05) is 48.5 Å². The standard InChI is InChI=1S/C16H17Cl2N/c1-16(11-19,13-4-8-15(18)9-5-13)10-12-2-6-14(17)7-3-12/h2-9H,10-11,19H2,1H3. The van der Waals surface area contributed by atoms with Gasteiger partial charge in [-0.1, -0.05) is 54.4 Å². The molecule has 0 spiro atoms. The highest BCUT2D eigenvalue weighted by Crippen LogP contribution is 2.28. The second-order valence-corrected chi connectivity index (χ2v) is 5.95. The van der Waals surface area contributed by atoms with Gasteiger partial charge in [-0.3, -0.25) is 0 Å². The average Bonchev–Trinajstić information content (AvgIpc) is 2.42. The maximum Gasteiger partial charge on any atom is 0.0406 e. The van der Waals surface area contributed by atoms with Gasteiger partial charge in [-0.25, -0.2) is 0 Å². The van der Waals surface area contributed by atoms with Crippen LogP contribution in [0.4, 0.5) is 0 Å². The summed E-state index contributed by atoms with van der Waals surface area (Å²) in [6.07, 6.45) is 0.877. The molecule has 1 nitrogen and oxygen atoms in total. The molecule has 3 heteroatoms. The zero-order valence-electron chi connectivity index (χ0n) is 10.9. The zero-order valence-corrected chi connectivity index (χ0v) is 12.4. The van der Waals surface area contributed by atoms with Crippen LogP contribution in [0.2, 0.25) is 10.0 Å². The third-order valence-corrected chi connectivity index (χ3v) is 4.00. The number of nitrogens with two attached hydrogens (primary N) is 1. The summed E-state index contributed by atoms with van der Waals surface area (Å²) >= 11 is 11.8. The molecule has 0 aliphatic heterocycles. The highest BCUT2D eigenvalue weighted by atomic mass is 35.5. The van der Waals surface area contributed by atoms with Crippen molar-refractivity contribution in [2.24, 2.45) is 5.73 Å². The first-order valence-corrected chi connectivity index (χ1v) is 7.00. The van der Waals surface area contributed by atoms with Crippen LogP contribution in [0.25, 0.3) is 0 Å². The molecular formula is C16H17Cl2N. The Balaban J connectivity index is 2.27. The molecule has 2 N–H and O–H groups in total. The predicted octanol–water partition coefficient (Wildman–Crippen LogP) is 4.45. The predicted molar refractivity (Wildman–Crippen MR) is 83.0 cm³/mol. The molecule has 100 valence electrons. The molecule has 0 aromatic heterocycles. The molecule has 1 unspecified atom stereocenters. The Labute approximate surface area is 124 Å². The Kier molecular flexibility index (Phi) is 4.51. The Morgan fingerprint density at radius 3 is 1.84 bits per heavy atom. The summed E-state index contributed by atoms with van der Waals surface area (Å²) in [6.45, 7) is 2.75. The highest BCUT2D eigenvalue weighted by Gasteiger charge is 2.25. The van der Waals surface area contributed by atoms with Gasteiger partial charge in [-0.15, -0.1) is 0 Å². The fourth-order valence-electron chi connectivity index (χ4n) is 2.20. The van der Waals surface area contributed by atoms with Gasteiger partial charge in [0, 0.05) is 22.0 Å². The van der Waals surface area contributed by atoms with Crippen molar-refractivity contribution in [1.82, 2.24) is 0 Å². The fourth-order valence-corrected chi connectivity index (χ4v) is 2.45. The third-order valence-electron chi connectivity index (χ3n) is 3.50. The molecule has 0 saturated carbocycles. The first kappa shape index (κ1) is 14.4. The molecule has 0 fully saturated rings. The SMILES string of the molecule is CC(CN)(Cc1ccc(Cl)cc1)c1ccc(Cl)cc1. The molecule has 0 radical (unpaired) electrons. The van der Waals surface area contributed by atoms with Gasteiger partial charge < -0.3 is 5.73 Å². The van der Waals surface area contributed by atoms with E-state index >= 15 is 0 Å². The monoisotopic (exact) mass is 293 g/mol. The van der Waals surface area contributed by atoms with Gasteiger partial charge in [0.15, 0.2) is 0 Å². The minimum Gasteiger partial charge on any atom is -0.330 e. The van der Waals surface area contributed by atoms with Crippen LogP contribution in [0.5, 0.6) is 0 Å². The Bertz CT molecular complexity index is 534. The van der Waals surface area contributed by atoms with Crippen LogP contribution in [-0.2, 0) is 11.8 Å². The normalized spacial score (nSPS) is 14.1. The number of halogens is 2. The maximum atomic E-state index is 6.00. The van der Waals surface area contributed by atoms with Gasteiger partial charge in [0.05, 0.1) is 0 Å². The molecule has 2 rings (SSSR count). The number of hydrogen-bond acceptors (Lipinski definition) is 1. The molecule has 0 amide bonds. The molecule has 2 aromatic carbocycles. The van der Waals surface area contributed by atoms with E-state index in [1.165, 1.54) is 11.1 Å². The Hall–Kier alpha value is -1.02. The van der Waals surface area contributed by atoms with E-state index in [0.717, 1.165) is 16.5 Å². The van der Waals surface area contributed by atoms with E-state index in [2.05, 4.69) is 6.92 Å². The van der Waals surface area contributed by atoms with Crippen molar-refractivity contribution in [3.63, 3.8) is 0 Å². The van der Waals surface area contributed by atoms with Crippen molar-refractivity contribution in [1.29, 1.82) is 0 Å². The Morgan fingerprint density at radius 1 is 0.895 bits per heavy atom. The molecule has 2 aromatic rings. The van der Waals surface area contributed by atoms with Gasteiger partial charge >= 0.3 is 0 Å². The van der Waals surface area contributed by atoms with E-state index in [4.69, 9.17) is 28.9 Å². The van der Waals surface area contributed by atoms with E-state index in [-0.39, 0.29) is 5.41 Å². The molecule has 0 saturated heterocycles. The van der Waals surface area contributed by atoms with Gasteiger partial charge in [-0.2, -0.15) is 0 Å². The van der Waals surface area contributed by atoms with Crippen LogP contribution < -0.4 is 5.73 Å². The quantitative estimate of drug-likeness (QED) is 0.885.